The molecule has 158 valence electrons. The molecule has 6 nitrogen and oxygen atoms in total. The van der Waals surface area contributed by atoms with E-state index in [0.717, 1.165) is 92.9 Å². The van der Waals surface area contributed by atoms with Gasteiger partial charge in [-0.05, 0) is 64.3 Å². The molecule has 3 aromatic rings. The molecule has 0 atom stereocenters. The first kappa shape index (κ1) is 19.4. The molecular weight excluding hydrogens is 383 g/mol. The molecule has 4 heterocycles. The van der Waals surface area contributed by atoms with Crippen molar-refractivity contribution in [2.75, 3.05) is 19.6 Å². The SMILES string of the molecule is Cc1nc2n(c(=O)c1CCN1CCC(c3noc4c(F)cccc34)CC1)CCCC2. The van der Waals surface area contributed by atoms with Crippen LogP contribution in [0.2, 0.25) is 0 Å². The zero-order valence-corrected chi connectivity index (χ0v) is 17.4. The van der Waals surface area contributed by atoms with E-state index in [1.807, 2.05) is 17.6 Å². The van der Waals surface area contributed by atoms with Crippen LogP contribution in [0.3, 0.4) is 0 Å². The average molecular weight is 410 g/mol. The summed E-state index contributed by atoms with van der Waals surface area (Å²) in [5.74, 6) is 0.871. The van der Waals surface area contributed by atoms with E-state index in [0.29, 0.717) is 0 Å². The molecule has 7 heteroatoms. The van der Waals surface area contributed by atoms with Gasteiger partial charge in [0.05, 0.1) is 5.69 Å². The highest BCUT2D eigenvalue weighted by Crippen LogP contribution is 2.33. The Morgan fingerprint density at radius 3 is 2.87 bits per heavy atom. The van der Waals surface area contributed by atoms with E-state index in [1.54, 1.807) is 6.07 Å². The van der Waals surface area contributed by atoms with Crippen LogP contribution >= 0.6 is 0 Å². The summed E-state index contributed by atoms with van der Waals surface area (Å²) >= 11 is 0. The van der Waals surface area contributed by atoms with Crippen molar-refractivity contribution < 1.29 is 8.91 Å². The molecule has 0 unspecified atom stereocenters. The number of benzene rings is 1. The Labute approximate surface area is 174 Å². The molecule has 1 fully saturated rings. The highest BCUT2D eigenvalue weighted by atomic mass is 19.1. The van der Waals surface area contributed by atoms with Gasteiger partial charge in [-0.2, -0.15) is 0 Å². The van der Waals surface area contributed by atoms with Gasteiger partial charge in [-0.1, -0.05) is 11.2 Å². The van der Waals surface area contributed by atoms with E-state index in [9.17, 15) is 9.18 Å². The summed E-state index contributed by atoms with van der Waals surface area (Å²) in [6.45, 7) is 5.50. The van der Waals surface area contributed by atoms with Crippen molar-refractivity contribution in [3.8, 4) is 0 Å². The van der Waals surface area contributed by atoms with Crippen LogP contribution in [0.1, 0.15) is 54.4 Å². The summed E-state index contributed by atoms with van der Waals surface area (Å²) in [4.78, 5) is 20.0. The fourth-order valence-corrected chi connectivity index (χ4v) is 4.96. The molecule has 0 radical (unpaired) electrons. The van der Waals surface area contributed by atoms with Crippen LogP contribution in [0.4, 0.5) is 4.39 Å². The van der Waals surface area contributed by atoms with Gasteiger partial charge in [0.15, 0.2) is 5.82 Å². The summed E-state index contributed by atoms with van der Waals surface area (Å²) in [6, 6.07) is 5.00. The zero-order chi connectivity index (χ0) is 20.7. The van der Waals surface area contributed by atoms with E-state index in [1.165, 1.54) is 6.07 Å². The van der Waals surface area contributed by atoms with Gasteiger partial charge in [0, 0.05) is 42.1 Å². The number of likely N-dealkylation sites (tertiary alicyclic amines) is 1. The number of fused-ring (bicyclic) bond motifs is 2. The number of hydrogen-bond donors (Lipinski definition) is 0. The van der Waals surface area contributed by atoms with Crippen LogP contribution in [-0.4, -0.2) is 39.2 Å². The summed E-state index contributed by atoms with van der Waals surface area (Å²) in [6.07, 6.45) is 5.74. The summed E-state index contributed by atoms with van der Waals surface area (Å²) in [5.41, 5.74) is 3.03. The predicted molar refractivity (Wildman–Crippen MR) is 112 cm³/mol. The lowest BCUT2D eigenvalue weighted by Crippen LogP contribution is -2.37. The second-order valence-electron chi connectivity index (χ2n) is 8.56. The first-order valence-electron chi connectivity index (χ1n) is 11.0. The molecule has 1 saturated heterocycles. The Bertz CT molecular complexity index is 1130. The second-order valence-corrected chi connectivity index (χ2v) is 8.56. The number of aromatic nitrogens is 3. The fraction of sp³-hybridized carbons (Fsp3) is 0.522. The largest absolute Gasteiger partial charge is 0.353 e. The highest BCUT2D eigenvalue weighted by molar-refractivity contribution is 5.80. The fourth-order valence-electron chi connectivity index (χ4n) is 4.96. The van der Waals surface area contributed by atoms with Gasteiger partial charge in [0.2, 0.25) is 5.58 Å². The maximum Gasteiger partial charge on any atom is 0.256 e. The molecule has 2 aromatic heterocycles. The van der Waals surface area contributed by atoms with Crippen molar-refractivity contribution in [2.45, 2.75) is 57.9 Å². The summed E-state index contributed by atoms with van der Waals surface area (Å²) in [5, 5.41) is 4.97. The monoisotopic (exact) mass is 410 g/mol. The molecular formula is C23H27FN4O2. The Hall–Kier alpha value is -2.54. The number of halogens is 1. The average Bonchev–Trinajstić information content (AvgIpc) is 3.20. The van der Waals surface area contributed by atoms with E-state index in [-0.39, 0.29) is 22.9 Å². The number of piperidine rings is 1. The molecule has 0 amide bonds. The second kappa shape index (κ2) is 7.95. The van der Waals surface area contributed by atoms with E-state index >= 15 is 0 Å². The minimum Gasteiger partial charge on any atom is -0.353 e. The Morgan fingerprint density at radius 1 is 1.20 bits per heavy atom. The third kappa shape index (κ3) is 3.45. The zero-order valence-electron chi connectivity index (χ0n) is 17.4. The first-order chi connectivity index (χ1) is 14.6. The molecule has 0 spiro atoms. The number of para-hydroxylation sites is 1. The number of nitrogens with zero attached hydrogens (tertiary/aromatic N) is 4. The van der Waals surface area contributed by atoms with Crippen molar-refractivity contribution in [1.29, 1.82) is 0 Å². The van der Waals surface area contributed by atoms with Crippen molar-refractivity contribution in [3.05, 3.63) is 57.1 Å². The van der Waals surface area contributed by atoms with Crippen LogP contribution < -0.4 is 5.56 Å². The minimum atomic E-state index is -0.357. The maximum absolute atomic E-state index is 13.9. The van der Waals surface area contributed by atoms with Gasteiger partial charge < -0.3 is 9.42 Å². The van der Waals surface area contributed by atoms with Crippen molar-refractivity contribution in [3.63, 3.8) is 0 Å². The molecule has 1 aromatic carbocycles. The van der Waals surface area contributed by atoms with Crippen molar-refractivity contribution >= 4 is 11.0 Å². The van der Waals surface area contributed by atoms with Gasteiger partial charge in [0.25, 0.3) is 5.56 Å². The van der Waals surface area contributed by atoms with Crippen LogP contribution in [0.25, 0.3) is 11.0 Å². The Balaban J connectivity index is 1.24. The van der Waals surface area contributed by atoms with Crippen LogP contribution in [0, 0.1) is 12.7 Å². The van der Waals surface area contributed by atoms with E-state index in [2.05, 4.69) is 10.1 Å². The number of aryl methyl sites for hydroxylation is 2. The molecule has 0 aliphatic carbocycles. The van der Waals surface area contributed by atoms with Gasteiger partial charge >= 0.3 is 0 Å². The number of hydrogen-bond acceptors (Lipinski definition) is 5. The summed E-state index contributed by atoms with van der Waals surface area (Å²) in [7, 11) is 0. The molecule has 2 aliphatic rings. The quantitative estimate of drug-likeness (QED) is 0.658. The molecule has 0 bridgehead atoms. The number of rotatable bonds is 4. The normalized spacial score (nSPS) is 18.1. The van der Waals surface area contributed by atoms with Crippen molar-refractivity contribution in [1.82, 2.24) is 19.6 Å². The molecule has 2 aliphatic heterocycles. The molecule has 5 rings (SSSR count). The van der Waals surface area contributed by atoms with Gasteiger partial charge in [-0.3, -0.25) is 9.36 Å². The minimum absolute atomic E-state index is 0.156. The lowest BCUT2D eigenvalue weighted by Gasteiger charge is -2.31. The molecule has 0 N–H and O–H groups in total. The van der Waals surface area contributed by atoms with E-state index in [4.69, 9.17) is 9.51 Å². The Kier molecular flexibility index (Phi) is 5.15. The smallest absolute Gasteiger partial charge is 0.256 e. The highest BCUT2D eigenvalue weighted by Gasteiger charge is 2.26. The lowest BCUT2D eigenvalue weighted by molar-refractivity contribution is 0.211. The third-order valence-electron chi connectivity index (χ3n) is 6.71. The maximum atomic E-state index is 13.9. The van der Waals surface area contributed by atoms with Gasteiger partial charge in [-0.15, -0.1) is 0 Å². The predicted octanol–water partition coefficient (Wildman–Crippen LogP) is 3.59. The van der Waals surface area contributed by atoms with Crippen LogP contribution in [0.5, 0.6) is 0 Å². The topological polar surface area (TPSA) is 64.2 Å². The van der Waals surface area contributed by atoms with E-state index < -0.39 is 0 Å². The summed E-state index contributed by atoms with van der Waals surface area (Å²) < 4.78 is 21.0. The van der Waals surface area contributed by atoms with Crippen LogP contribution in [0.15, 0.2) is 27.5 Å². The van der Waals surface area contributed by atoms with Crippen LogP contribution in [-0.2, 0) is 19.4 Å². The third-order valence-corrected chi connectivity index (χ3v) is 6.71. The molecule has 30 heavy (non-hydrogen) atoms. The lowest BCUT2D eigenvalue weighted by atomic mass is 9.91. The molecule has 0 saturated carbocycles. The van der Waals surface area contributed by atoms with Crippen molar-refractivity contribution in [2.24, 2.45) is 0 Å². The Morgan fingerprint density at radius 2 is 2.03 bits per heavy atom. The standard InChI is InChI=1S/C23H27FN4O2/c1-15-17(23(29)28-11-3-2-7-20(28)25-15)10-14-27-12-8-16(9-13-27)21-18-5-4-6-19(24)22(18)30-26-21/h4-6,16H,2-3,7-14H2,1H3. The first-order valence-corrected chi connectivity index (χ1v) is 11.0. The van der Waals surface area contributed by atoms with Gasteiger partial charge in [0.1, 0.15) is 5.82 Å². The van der Waals surface area contributed by atoms with Gasteiger partial charge in [-0.25, -0.2) is 9.37 Å².